The average molecular weight is 271 g/mol. The molecule has 2 aromatic heterocycles. The molecule has 0 spiro atoms. The third-order valence-electron chi connectivity index (χ3n) is 3.55. The number of hydrogen-bond acceptors (Lipinski definition) is 3. The maximum absolute atomic E-state index is 11.3. The first-order valence-electron chi connectivity index (χ1n) is 6.55. The molecule has 1 aromatic carbocycles. The molecule has 3 rings (SSSR count). The van der Waals surface area contributed by atoms with Gasteiger partial charge in [0.05, 0.1) is 16.7 Å². The van der Waals surface area contributed by atoms with Crippen molar-refractivity contribution in [1.29, 1.82) is 0 Å². The van der Waals surface area contributed by atoms with Crippen LogP contribution in [0.2, 0.25) is 0 Å². The zero-order chi connectivity index (χ0) is 14.1. The third-order valence-corrected chi connectivity index (χ3v) is 3.55. The van der Waals surface area contributed by atoms with E-state index in [9.17, 15) is 4.79 Å². The van der Waals surface area contributed by atoms with Crippen LogP contribution in [0.1, 0.15) is 24.2 Å². The van der Waals surface area contributed by atoms with Crippen molar-refractivity contribution < 1.29 is 0 Å². The topological polar surface area (TPSA) is 78.5 Å². The number of H-pyrrole nitrogens is 2. The molecule has 3 N–H and O–H groups in total. The average Bonchev–Trinajstić information content (AvgIpc) is 2.99. The van der Waals surface area contributed by atoms with E-state index in [4.69, 9.17) is 0 Å². The van der Waals surface area contributed by atoms with Gasteiger partial charge in [0.25, 0.3) is 0 Å². The van der Waals surface area contributed by atoms with Crippen molar-refractivity contribution >= 4 is 11.0 Å². The van der Waals surface area contributed by atoms with Crippen LogP contribution in [0, 0.1) is 0 Å². The van der Waals surface area contributed by atoms with E-state index < -0.39 is 0 Å². The monoisotopic (exact) mass is 271 g/mol. The lowest BCUT2D eigenvalue weighted by atomic mass is 10.1. The van der Waals surface area contributed by atoms with Crippen molar-refractivity contribution in [2.75, 3.05) is 0 Å². The van der Waals surface area contributed by atoms with Gasteiger partial charge >= 0.3 is 5.69 Å². The summed E-state index contributed by atoms with van der Waals surface area (Å²) in [5, 5.41) is 7.59. The predicted octanol–water partition coefficient (Wildman–Crippen LogP) is 1.44. The Kier molecular flexibility index (Phi) is 3.15. The van der Waals surface area contributed by atoms with Gasteiger partial charge in [-0.3, -0.25) is 4.68 Å². The van der Waals surface area contributed by atoms with Gasteiger partial charge in [-0.25, -0.2) is 4.79 Å². The minimum absolute atomic E-state index is 0.173. The zero-order valence-corrected chi connectivity index (χ0v) is 11.5. The third kappa shape index (κ3) is 2.37. The number of aromatic nitrogens is 4. The van der Waals surface area contributed by atoms with Gasteiger partial charge in [-0.15, -0.1) is 0 Å². The lowest BCUT2D eigenvalue weighted by Gasteiger charge is -2.14. The second kappa shape index (κ2) is 4.97. The lowest BCUT2D eigenvalue weighted by Crippen LogP contribution is -2.19. The van der Waals surface area contributed by atoms with Crippen molar-refractivity contribution in [2.45, 2.75) is 19.5 Å². The van der Waals surface area contributed by atoms with Gasteiger partial charge in [0.2, 0.25) is 0 Å². The van der Waals surface area contributed by atoms with Gasteiger partial charge in [-0.2, -0.15) is 5.10 Å². The smallest absolute Gasteiger partial charge is 0.306 e. The Labute approximate surface area is 115 Å². The van der Waals surface area contributed by atoms with Crippen molar-refractivity contribution in [2.24, 2.45) is 7.05 Å². The molecule has 0 saturated heterocycles. The van der Waals surface area contributed by atoms with Crippen molar-refractivity contribution in [3.05, 3.63) is 52.2 Å². The number of aryl methyl sites for hydroxylation is 1. The van der Waals surface area contributed by atoms with Gasteiger partial charge in [-0.05, 0) is 30.7 Å². The van der Waals surface area contributed by atoms with Crippen LogP contribution >= 0.6 is 0 Å². The molecule has 2 heterocycles. The fourth-order valence-corrected chi connectivity index (χ4v) is 2.27. The first kappa shape index (κ1) is 12.7. The van der Waals surface area contributed by atoms with Crippen LogP contribution < -0.4 is 11.0 Å². The van der Waals surface area contributed by atoms with Gasteiger partial charge in [0, 0.05) is 25.8 Å². The standard InChI is InChI=1S/C14H17N5O/c1-9(15-8-11-5-6-16-19(11)2)10-3-4-12-13(7-10)18-14(20)17-12/h3-7,9,15H,8H2,1-2H3,(H2,17,18,20). The van der Waals surface area contributed by atoms with Crippen molar-refractivity contribution in [3.63, 3.8) is 0 Å². The van der Waals surface area contributed by atoms with Crippen LogP contribution in [0.3, 0.4) is 0 Å². The number of nitrogens with one attached hydrogen (secondary N) is 3. The van der Waals surface area contributed by atoms with E-state index in [1.807, 2.05) is 36.0 Å². The Morgan fingerprint density at radius 1 is 1.30 bits per heavy atom. The zero-order valence-electron chi connectivity index (χ0n) is 11.5. The van der Waals surface area contributed by atoms with E-state index in [1.54, 1.807) is 6.20 Å². The van der Waals surface area contributed by atoms with Crippen LogP contribution in [0.25, 0.3) is 11.0 Å². The van der Waals surface area contributed by atoms with E-state index in [0.717, 1.165) is 28.8 Å². The van der Waals surface area contributed by atoms with Crippen molar-refractivity contribution in [1.82, 2.24) is 25.1 Å². The molecule has 3 aromatic rings. The Bertz CT molecular complexity index is 782. The van der Waals surface area contributed by atoms with E-state index in [0.29, 0.717) is 0 Å². The van der Waals surface area contributed by atoms with Gasteiger partial charge in [-0.1, -0.05) is 6.07 Å². The molecular weight excluding hydrogens is 254 g/mol. The number of nitrogens with zero attached hydrogens (tertiary/aromatic N) is 2. The molecule has 0 aliphatic carbocycles. The molecule has 0 aliphatic rings. The highest BCUT2D eigenvalue weighted by Crippen LogP contribution is 2.17. The molecule has 0 bridgehead atoms. The molecule has 1 unspecified atom stereocenters. The summed E-state index contributed by atoms with van der Waals surface area (Å²) < 4.78 is 1.85. The number of aromatic amines is 2. The lowest BCUT2D eigenvalue weighted by molar-refractivity contribution is 0.548. The molecule has 0 saturated carbocycles. The second-order valence-corrected chi connectivity index (χ2v) is 4.93. The van der Waals surface area contributed by atoms with E-state index in [2.05, 4.69) is 27.3 Å². The molecule has 0 aliphatic heterocycles. The SMILES string of the molecule is CC(NCc1ccnn1C)c1ccc2[nH]c(=O)[nH]c2c1. The Morgan fingerprint density at radius 2 is 2.10 bits per heavy atom. The summed E-state index contributed by atoms with van der Waals surface area (Å²) >= 11 is 0. The summed E-state index contributed by atoms with van der Waals surface area (Å²) in [7, 11) is 1.93. The predicted molar refractivity (Wildman–Crippen MR) is 77.4 cm³/mol. The molecule has 1 atom stereocenters. The van der Waals surface area contributed by atoms with Gasteiger partial charge < -0.3 is 15.3 Å². The second-order valence-electron chi connectivity index (χ2n) is 4.93. The number of fused-ring (bicyclic) bond motifs is 1. The maximum Gasteiger partial charge on any atom is 0.323 e. The minimum Gasteiger partial charge on any atom is -0.306 e. The minimum atomic E-state index is -0.173. The summed E-state index contributed by atoms with van der Waals surface area (Å²) in [6.07, 6.45) is 1.79. The molecule has 0 amide bonds. The normalized spacial score (nSPS) is 12.9. The molecule has 0 fully saturated rings. The Morgan fingerprint density at radius 3 is 2.85 bits per heavy atom. The van der Waals surface area contributed by atoms with E-state index in [-0.39, 0.29) is 11.7 Å². The first-order valence-corrected chi connectivity index (χ1v) is 6.55. The summed E-state index contributed by atoms with van der Waals surface area (Å²) in [5.74, 6) is 0. The summed E-state index contributed by atoms with van der Waals surface area (Å²) in [6, 6.07) is 8.12. The number of benzene rings is 1. The maximum atomic E-state index is 11.3. The number of imidazole rings is 1. The van der Waals surface area contributed by atoms with E-state index >= 15 is 0 Å². The van der Waals surface area contributed by atoms with E-state index in [1.165, 1.54) is 0 Å². The van der Waals surface area contributed by atoms with Crippen LogP contribution in [0.4, 0.5) is 0 Å². The Balaban J connectivity index is 1.76. The highest BCUT2D eigenvalue weighted by molar-refractivity contribution is 5.75. The van der Waals surface area contributed by atoms with Crippen LogP contribution in [-0.4, -0.2) is 19.7 Å². The molecule has 104 valence electrons. The quantitative estimate of drug-likeness (QED) is 0.672. The van der Waals surface area contributed by atoms with Gasteiger partial charge in [0.1, 0.15) is 0 Å². The first-order chi connectivity index (χ1) is 9.63. The van der Waals surface area contributed by atoms with Crippen molar-refractivity contribution in [3.8, 4) is 0 Å². The molecule has 0 radical (unpaired) electrons. The Hall–Kier alpha value is -2.34. The largest absolute Gasteiger partial charge is 0.323 e. The number of rotatable bonds is 4. The molecular formula is C14H17N5O. The van der Waals surface area contributed by atoms with Crippen LogP contribution in [-0.2, 0) is 13.6 Å². The molecule has 20 heavy (non-hydrogen) atoms. The highest BCUT2D eigenvalue weighted by atomic mass is 16.1. The molecule has 6 nitrogen and oxygen atoms in total. The fraction of sp³-hybridized carbons (Fsp3) is 0.286. The highest BCUT2D eigenvalue weighted by Gasteiger charge is 2.08. The summed E-state index contributed by atoms with van der Waals surface area (Å²) in [6.45, 7) is 2.85. The molecule has 6 heteroatoms. The summed E-state index contributed by atoms with van der Waals surface area (Å²) in [4.78, 5) is 16.8. The van der Waals surface area contributed by atoms with Crippen LogP contribution in [0.5, 0.6) is 0 Å². The summed E-state index contributed by atoms with van der Waals surface area (Å²) in [5.41, 5.74) is 3.76. The fourth-order valence-electron chi connectivity index (χ4n) is 2.27. The van der Waals surface area contributed by atoms with Gasteiger partial charge in [0.15, 0.2) is 0 Å². The van der Waals surface area contributed by atoms with Crippen LogP contribution in [0.15, 0.2) is 35.3 Å². The number of hydrogen-bond donors (Lipinski definition) is 3.